The maximum Gasteiger partial charge on any atom is 0.243 e. The van der Waals surface area contributed by atoms with Crippen LogP contribution in [0.15, 0.2) is 95.9 Å². The molecular weight excluding hydrogens is 453 g/mol. The van der Waals surface area contributed by atoms with Crippen molar-refractivity contribution in [3.05, 3.63) is 114 Å². The summed E-state index contributed by atoms with van der Waals surface area (Å²) in [6.07, 6.45) is 0.563. The van der Waals surface area contributed by atoms with Crippen LogP contribution in [0.5, 0.6) is 11.5 Å². The van der Waals surface area contributed by atoms with E-state index in [2.05, 4.69) is 0 Å². The second-order valence-electron chi connectivity index (χ2n) is 8.08. The molecule has 0 spiro atoms. The van der Waals surface area contributed by atoms with E-state index in [0.717, 1.165) is 16.7 Å². The Kier molecular flexibility index (Phi) is 6.68. The second-order valence-corrected chi connectivity index (χ2v) is 10.1. The van der Waals surface area contributed by atoms with Crippen molar-refractivity contribution in [3.8, 4) is 22.6 Å². The first kappa shape index (κ1) is 23.5. The fraction of sp³-hybridized carbons (Fsp3) is 0.111. The van der Waals surface area contributed by atoms with Gasteiger partial charge in [-0.15, -0.1) is 0 Å². The standard InChI is InChI=1S/C27H24FNO4S/c1-29(18-20-8-6-19(7-9-20)16-21-10-15-25(30)26(31)17-21)34(32,33)27-5-3-2-4-24(27)22-11-13-23(28)14-12-22/h2-15,17,30-31H,16,18H2,1H3. The van der Waals surface area contributed by atoms with Crippen molar-refractivity contribution < 1.29 is 23.0 Å². The van der Waals surface area contributed by atoms with Crippen LogP contribution in [0.3, 0.4) is 0 Å². The molecule has 0 unspecified atom stereocenters. The van der Waals surface area contributed by atoms with Crippen LogP contribution in [0.25, 0.3) is 11.1 Å². The van der Waals surface area contributed by atoms with Gasteiger partial charge in [0.05, 0.1) is 4.90 Å². The lowest BCUT2D eigenvalue weighted by molar-refractivity contribution is 0.403. The Morgan fingerprint density at radius 2 is 1.38 bits per heavy atom. The molecule has 0 amide bonds. The highest BCUT2D eigenvalue weighted by atomic mass is 32.2. The van der Waals surface area contributed by atoms with E-state index in [0.29, 0.717) is 17.5 Å². The summed E-state index contributed by atoms with van der Waals surface area (Å²) < 4.78 is 41.4. The third kappa shape index (κ3) is 5.11. The van der Waals surface area contributed by atoms with Gasteiger partial charge in [-0.25, -0.2) is 12.8 Å². The van der Waals surface area contributed by atoms with E-state index in [-0.39, 0.29) is 28.8 Å². The Morgan fingerprint density at radius 1 is 0.765 bits per heavy atom. The minimum atomic E-state index is -3.81. The average Bonchev–Trinajstić information content (AvgIpc) is 2.83. The van der Waals surface area contributed by atoms with Crippen LogP contribution in [-0.2, 0) is 23.0 Å². The summed E-state index contributed by atoms with van der Waals surface area (Å²) in [5.41, 5.74) is 3.80. The molecule has 0 bridgehead atoms. The second kappa shape index (κ2) is 9.67. The molecule has 4 aromatic rings. The summed E-state index contributed by atoms with van der Waals surface area (Å²) in [5, 5.41) is 19.1. The van der Waals surface area contributed by atoms with Gasteiger partial charge in [-0.2, -0.15) is 4.31 Å². The molecule has 0 saturated carbocycles. The maximum atomic E-state index is 13.4. The van der Waals surface area contributed by atoms with E-state index in [9.17, 15) is 23.0 Å². The number of phenolic OH excluding ortho intramolecular Hbond substituents is 2. The molecule has 174 valence electrons. The molecule has 0 aromatic heterocycles. The predicted molar refractivity (Wildman–Crippen MR) is 130 cm³/mol. The van der Waals surface area contributed by atoms with E-state index in [4.69, 9.17) is 0 Å². The molecule has 0 atom stereocenters. The molecule has 0 radical (unpaired) electrons. The van der Waals surface area contributed by atoms with Crippen LogP contribution in [0.1, 0.15) is 16.7 Å². The van der Waals surface area contributed by atoms with Gasteiger partial charge < -0.3 is 10.2 Å². The monoisotopic (exact) mass is 477 g/mol. The van der Waals surface area contributed by atoms with E-state index in [1.807, 2.05) is 24.3 Å². The van der Waals surface area contributed by atoms with E-state index in [1.165, 1.54) is 35.6 Å². The fourth-order valence-electron chi connectivity index (χ4n) is 3.75. The van der Waals surface area contributed by atoms with Gasteiger partial charge in [-0.05, 0) is 59.0 Å². The Hall–Kier alpha value is -3.68. The number of benzene rings is 4. The molecule has 2 N–H and O–H groups in total. The SMILES string of the molecule is CN(Cc1ccc(Cc2ccc(O)c(O)c2)cc1)S(=O)(=O)c1ccccc1-c1ccc(F)cc1. The summed E-state index contributed by atoms with van der Waals surface area (Å²) in [6.45, 7) is 0.181. The average molecular weight is 478 g/mol. The normalized spacial score (nSPS) is 11.6. The van der Waals surface area contributed by atoms with Gasteiger partial charge >= 0.3 is 0 Å². The third-order valence-corrected chi connectivity index (χ3v) is 7.47. The molecule has 0 heterocycles. The van der Waals surface area contributed by atoms with E-state index in [1.54, 1.807) is 42.5 Å². The molecular formula is C27H24FNO4S. The fourth-order valence-corrected chi connectivity index (χ4v) is 5.12. The van der Waals surface area contributed by atoms with Crippen molar-refractivity contribution in [1.29, 1.82) is 0 Å². The lowest BCUT2D eigenvalue weighted by Gasteiger charge is -2.20. The van der Waals surface area contributed by atoms with Crippen molar-refractivity contribution >= 4 is 10.0 Å². The molecule has 7 heteroatoms. The van der Waals surface area contributed by atoms with Crippen LogP contribution in [-0.4, -0.2) is 30.0 Å². The lowest BCUT2D eigenvalue weighted by atomic mass is 10.0. The van der Waals surface area contributed by atoms with Crippen molar-refractivity contribution in [2.24, 2.45) is 0 Å². The van der Waals surface area contributed by atoms with Crippen molar-refractivity contribution in [2.45, 2.75) is 17.9 Å². The largest absolute Gasteiger partial charge is 0.504 e. The highest BCUT2D eigenvalue weighted by molar-refractivity contribution is 7.89. The number of rotatable bonds is 7. The first-order valence-electron chi connectivity index (χ1n) is 10.6. The molecule has 0 aliphatic carbocycles. The molecule has 0 saturated heterocycles. The molecule has 34 heavy (non-hydrogen) atoms. The molecule has 4 rings (SSSR count). The van der Waals surface area contributed by atoms with Gasteiger partial charge in [0, 0.05) is 19.2 Å². The topological polar surface area (TPSA) is 77.8 Å². The number of hydrogen-bond donors (Lipinski definition) is 2. The maximum absolute atomic E-state index is 13.4. The first-order valence-corrected chi connectivity index (χ1v) is 12.1. The number of phenols is 2. The zero-order valence-electron chi connectivity index (χ0n) is 18.5. The quantitative estimate of drug-likeness (QED) is 0.354. The number of halogens is 1. The lowest BCUT2D eigenvalue weighted by Crippen LogP contribution is -2.27. The highest BCUT2D eigenvalue weighted by Crippen LogP contribution is 2.30. The highest BCUT2D eigenvalue weighted by Gasteiger charge is 2.24. The van der Waals surface area contributed by atoms with Gasteiger partial charge in [-0.1, -0.05) is 60.7 Å². The van der Waals surface area contributed by atoms with Crippen LogP contribution in [0.2, 0.25) is 0 Å². The Bertz CT molecular complexity index is 1400. The summed E-state index contributed by atoms with van der Waals surface area (Å²) in [6, 6.07) is 24.7. The van der Waals surface area contributed by atoms with Crippen molar-refractivity contribution in [1.82, 2.24) is 4.31 Å². The van der Waals surface area contributed by atoms with Gasteiger partial charge in [0.25, 0.3) is 0 Å². The third-order valence-electron chi connectivity index (χ3n) is 5.61. The predicted octanol–water partition coefficient (Wildman–Crippen LogP) is 5.32. The van der Waals surface area contributed by atoms with E-state index < -0.39 is 10.0 Å². The van der Waals surface area contributed by atoms with Crippen molar-refractivity contribution in [2.75, 3.05) is 7.05 Å². The Balaban J connectivity index is 1.52. The Morgan fingerprint density at radius 3 is 2.06 bits per heavy atom. The van der Waals surface area contributed by atoms with Crippen LogP contribution < -0.4 is 0 Å². The summed E-state index contributed by atoms with van der Waals surface area (Å²) >= 11 is 0. The molecule has 0 aliphatic rings. The molecule has 5 nitrogen and oxygen atoms in total. The Labute approximate surface area is 198 Å². The number of aromatic hydroxyl groups is 2. The molecule has 0 fully saturated rings. The summed E-state index contributed by atoms with van der Waals surface area (Å²) in [4.78, 5) is 0.160. The van der Waals surface area contributed by atoms with Gasteiger partial charge in [0.2, 0.25) is 10.0 Å². The zero-order valence-corrected chi connectivity index (χ0v) is 19.3. The van der Waals surface area contributed by atoms with Crippen LogP contribution >= 0.6 is 0 Å². The number of sulfonamides is 1. The minimum Gasteiger partial charge on any atom is -0.504 e. The van der Waals surface area contributed by atoms with Gasteiger partial charge in [0.15, 0.2) is 11.5 Å². The molecule has 0 aliphatic heterocycles. The van der Waals surface area contributed by atoms with Crippen LogP contribution in [0.4, 0.5) is 4.39 Å². The molecule has 4 aromatic carbocycles. The van der Waals surface area contributed by atoms with E-state index >= 15 is 0 Å². The number of hydrogen-bond acceptors (Lipinski definition) is 4. The van der Waals surface area contributed by atoms with Gasteiger partial charge in [-0.3, -0.25) is 0 Å². The van der Waals surface area contributed by atoms with Crippen molar-refractivity contribution in [3.63, 3.8) is 0 Å². The minimum absolute atomic E-state index is 0.160. The number of nitrogens with zero attached hydrogens (tertiary/aromatic N) is 1. The smallest absolute Gasteiger partial charge is 0.243 e. The zero-order chi connectivity index (χ0) is 24.3. The first-order chi connectivity index (χ1) is 16.2. The van der Waals surface area contributed by atoms with Gasteiger partial charge in [0.1, 0.15) is 5.82 Å². The summed E-state index contributed by atoms with van der Waals surface area (Å²) in [7, 11) is -2.27. The van der Waals surface area contributed by atoms with Crippen LogP contribution in [0, 0.1) is 5.82 Å². The summed E-state index contributed by atoms with van der Waals surface area (Å²) in [5.74, 6) is -0.710.